The van der Waals surface area contributed by atoms with Crippen molar-refractivity contribution in [3.8, 4) is 0 Å². The fourth-order valence-corrected chi connectivity index (χ4v) is 0.451. The second-order valence-electron chi connectivity index (χ2n) is 1.63. The lowest BCUT2D eigenvalue weighted by Crippen LogP contribution is -1.70. The van der Waals surface area contributed by atoms with E-state index in [1.807, 2.05) is 13.8 Å². The third kappa shape index (κ3) is 6.00. The van der Waals surface area contributed by atoms with Gasteiger partial charge >= 0.3 is 0 Å². The number of hydrogen-bond donors (Lipinski definition) is 0. The molecule has 0 aromatic carbocycles. The number of hydrogen-bond acceptors (Lipinski definition) is 0. The van der Waals surface area contributed by atoms with Gasteiger partial charge in [-0.1, -0.05) is 45.9 Å². The van der Waals surface area contributed by atoms with E-state index in [0.29, 0.717) is 0 Å². The SMILES string of the molecule is [2H]C(CC)CC([2H])CC. The Kier molecular flexibility index (Phi) is 3.38. The monoisotopic (exact) mass is 102 g/mol. The van der Waals surface area contributed by atoms with Gasteiger partial charge in [-0.3, -0.25) is 0 Å². The molecule has 0 aromatic heterocycles. The molecule has 0 heteroatoms. The summed E-state index contributed by atoms with van der Waals surface area (Å²) >= 11 is 0. The van der Waals surface area contributed by atoms with E-state index in [1.54, 1.807) is 0 Å². The lowest BCUT2D eigenvalue weighted by molar-refractivity contribution is 0.656. The first-order valence-electron chi connectivity index (χ1n) is 4.20. The van der Waals surface area contributed by atoms with Crippen LogP contribution in [0.5, 0.6) is 0 Å². The zero-order valence-corrected chi connectivity index (χ0v) is 5.28. The highest BCUT2D eigenvalue weighted by molar-refractivity contribution is 4.35. The van der Waals surface area contributed by atoms with Crippen molar-refractivity contribution in [2.45, 2.75) is 45.9 Å². The van der Waals surface area contributed by atoms with Gasteiger partial charge in [0.15, 0.2) is 0 Å². The summed E-state index contributed by atoms with van der Waals surface area (Å²) in [7, 11) is 0. The van der Waals surface area contributed by atoms with Gasteiger partial charge in [0.25, 0.3) is 0 Å². The Morgan fingerprint density at radius 3 is 1.86 bits per heavy atom. The normalized spacial score (nSPS) is 22.6. The first-order valence-corrected chi connectivity index (χ1v) is 3.05. The average molecular weight is 102 g/mol. The summed E-state index contributed by atoms with van der Waals surface area (Å²) in [6.45, 7) is 4.00. The van der Waals surface area contributed by atoms with Crippen LogP contribution in [0, 0.1) is 0 Å². The smallest absolute Gasteiger partial charge is 0.0266 e. The fourth-order valence-electron chi connectivity index (χ4n) is 0.451. The Hall–Kier alpha value is 0. The molecule has 0 saturated heterocycles. The molecule has 0 saturated carbocycles. The molecule has 0 aliphatic heterocycles. The molecule has 2 unspecified atom stereocenters. The largest absolute Gasteiger partial charge is 0.0654 e. The van der Waals surface area contributed by atoms with Crippen LogP contribution in [-0.2, 0) is 0 Å². The third-order valence-electron chi connectivity index (χ3n) is 0.911. The van der Waals surface area contributed by atoms with E-state index in [1.165, 1.54) is 0 Å². The summed E-state index contributed by atoms with van der Waals surface area (Å²) < 4.78 is 14.7. The molecule has 7 heavy (non-hydrogen) atoms. The summed E-state index contributed by atoms with van der Waals surface area (Å²) in [5.74, 6) is 0. The Balaban J connectivity index is 3.22. The molecule has 2 atom stereocenters. The number of rotatable bonds is 4. The van der Waals surface area contributed by atoms with E-state index >= 15 is 0 Å². The summed E-state index contributed by atoms with van der Waals surface area (Å²) in [5.41, 5.74) is 0. The van der Waals surface area contributed by atoms with Gasteiger partial charge in [-0.2, -0.15) is 0 Å². The minimum absolute atomic E-state index is 0.00699. The van der Waals surface area contributed by atoms with Crippen LogP contribution in [0.2, 0.25) is 0 Å². The lowest BCUT2D eigenvalue weighted by atomic mass is 10.2. The predicted molar refractivity (Wildman–Crippen MR) is 34.4 cm³/mol. The highest BCUT2D eigenvalue weighted by Gasteiger charge is 1.80. The van der Waals surface area contributed by atoms with Crippen LogP contribution in [0.3, 0.4) is 0 Å². The summed E-state index contributed by atoms with van der Waals surface area (Å²) in [4.78, 5) is 0. The van der Waals surface area contributed by atoms with Gasteiger partial charge in [-0.25, -0.2) is 0 Å². The zero-order valence-electron chi connectivity index (χ0n) is 7.28. The second kappa shape index (κ2) is 6.00. The van der Waals surface area contributed by atoms with Crippen molar-refractivity contribution in [1.29, 1.82) is 0 Å². The zero-order chi connectivity index (χ0) is 7.28. The van der Waals surface area contributed by atoms with Gasteiger partial charge < -0.3 is 0 Å². The molecular formula is C7H16. The predicted octanol–water partition coefficient (Wildman–Crippen LogP) is 2.98. The topological polar surface area (TPSA) is 0 Å². The Morgan fingerprint density at radius 1 is 1.14 bits per heavy atom. The van der Waals surface area contributed by atoms with Crippen molar-refractivity contribution in [2.24, 2.45) is 0 Å². The molecule has 0 aliphatic rings. The third-order valence-corrected chi connectivity index (χ3v) is 0.911. The molecule has 0 fully saturated rings. The first-order chi connectivity index (χ1) is 4.20. The minimum Gasteiger partial charge on any atom is -0.0654 e. The first kappa shape index (κ1) is 3.94. The molecular weight excluding hydrogens is 84.1 g/mol. The van der Waals surface area contributed by atoms with Gasteiger partial charge in [0.1, 0.15) is 0 Å². The summed E-state index contributed by atoms with van der Waals surface area (Å²) in [6, 6.07) is 0. The fraction of sp³-hybridized carbons (Fsp3) is 1.00. The molecule has 0 N–H and O–H groups in total. The van der Waals surface area contributed by atoms with Crippen molar-refractivity contribution < 1.29 is 2.74 Å². The van der Waals surface area contributed by atoms with Crippen LogP contribution in [0.25, 0.3) is 0 Å². The van der Waals surface area contributed by atoms with Crippen molar-refractivity contribution >= 4 is 0 Å². The van der Waals surface area contributed by atoms with Crippen molar-refractivity contribution in [1.82, 2.24) is 0 Å². The highest BCUT2D eigenvalue weighted by atomic mass is 13.9. The molecule has 0 rings (SSSR count). The molecule has 0 spiro atoms. The molecule has 0 bridgehead atoms. The molecule has 44 valence electrons. The van der Waals surface area contributed by atoms with Crippen LogP contribution in [0.1, 0.15) is 48.6 Å². The maximum absolute atomic E-state index is 7.33. The second-order valence-corrected chi connectivity index (χ2v) is 1.63. The molecule has 0 radical (unpaired) electrons. The summed E-state index contributed by atoms with van der Waals surface area (Å²) in [6.07, 6.45) is 2.50. The highest BCUT2D eigenvalue weighted by Crippen LogP contribution is 2.00. The van der Waals surface area contributed by atoms with Crippen molar-refractivity contribution in [3.05, 3.63) is 0 Å². The van der Waals surface area contributed by atoms with Gasteiger partial charge in [0, 0.05) is 2.74 Å². The summed E-state index contributed by atoms with van der Waals surface area (Å²) in [5, 5.41) is 0. The van der Waals surface area contributed by atoms with Gasteiger partial charge in [-0.05, 0) is 0 Å². The maximum atomic E-state index is 7.33. The molecule has 0 aromatic rings. The van der Waals surface area contributed by atoms with Crippen LogP contribution in [0.15, 0.2) is 0 Å². The van der Waals surface area contributed by atoms with E-state index in [2.05, 4.69) is 0 Å². The van der Waals surface area contributed by atoms with Gasteiger partial charge in [0.2, 0.25) is 0 Å². The Morgan fingerprint density at radius 2 is 1.57 bits per heavy atom. The van der Waals surface area contributed by atoms with Crippen molar-refractivity contribution in [3.63, 3.8) is 0 Å². The van der Waals surface area contributed by atoms with Gasteiger partial charge in [-0.15, -0.1) is 0 Å². The molecule has 0 aliphatic carbocycles. The van der Waals surface area contributed by atoms with Crippen LogP contribution >= 0.6 is 0 Å². The lowest BCUT2D eigenvalue weighted by Gasteiger charge is -1.90. The maximum Gasteiger partial charge on any atom is 0.0266 e. The van der Waals surface area contributed by atoms with E-state index in [0.717, 1.165) is 19.3 Å². The van der Waals surface area contributed by atoms with Gasteiger partial charge in [0.05, 0.1) is 0 Å². The van der Waals surface area contributed by atoms with Crippen molar-refractivity contribution in [2.75, 3.05) is 0 Å². The van der Waals surface area contributed by atoms with Crippen LogP contribution in [-0.4, -0.2) is 0 Å². The van der Waals surface area contributed by atoms with E-state index in [4.69, 9.17) is 2.74 Å². The average Bonchev–Trinajstić information content (AvgIpc) is 1.87. The Labute approximate surface area is 49.7 Å². The molecule has 0 heterocycles. The van der Waals surface area contributed by atoms with E-state index < -0.39 is 0 Å². The van der Waals surface area contributed by atoms with E-state index in [9.17, 15) is 0 Å². The standard InChI is InChI=1S/C7H16/c1-3-5-7-6-4-2/h3-7H2,1-2H3/i5D,6D. The minimum atomic E-state index is -0.00699. The van der Waals surface area contributed by atoms with Crippen LogP contribution in [0.4, 0.5) is 0 Å². The molecule has 0 amide bonds. The van der Waals surface area contributed by atoms with Crippen LogP contribution < -0.4 is 0 Å². The Bertz CT molecular complexity index is 55.9. The van der Waals surface area contributed by atoms with E-state index in [-0.39, 0.29) is 12.8 Å². The quantitative estimate of drug-likeness (QED) is 0.512. The molecule has 0 nitrogen and oxygen atoms in total.